The Morgan fingerprint density at radius 2 is 1.76 bits per heavy atom. The molecule has 1 aliphatic rings. The molecule has 2 rings (SSSR count). The molecule has 1 aromatic rings. The zero-order valence-corrected chi connectivity index (χ0v) is 11.1. The fraction of sp³-hybridized carbons (Fsp3) is 0.600. The normalized spacial score (nSPS) is 17.5. The molecule has 0 amide bonds. The Balaban J connectivity index is 1.80. The van der Waals surface area contributed by atoms with Gasteiger partial charge in [0.05, 0.1) is 0 Å². The second-order valence-corrected chi connectivity index (χ2v) is 5.71. The zero-order chi connectivity index (χ0) is 12.1. The van der Waals surface area contributed by atoms with E-state index in [1.807, 2.05) is 0 Å². The summed E-state index contributed by atoms with van der Waals surface area (Å²) in [5, 5.41) is 3.66. The van der Waals surface area contributed by atoms with E-state index in [2.05, 4.69) is 54.4 Å². The highest BCUT2D eigenvalue weighted by Crippen LogP contribution is 2.13. The number of rotatable bonds is 5. The lowest BCUT2D eigenvalue weighted by molar-refractivity contribution is 0.234. The smallest absolute Gasteiger partial charge is 0.0255 e. The van der Waals surface area contributed by atoms with Crippen molar-refractivity contribution in [2.75, 3.05) is 19.6 Å². The van der Waals surface area contributed by atoms with E-state index in [4.69, 9.17) is 0 Å². The van der Waals surface area contributed by atoms with E-state index in [9.17, 15) is 0 Å². The van der Waals surface area contributed by atoms with Crippen LogP contribution >= 0.6 is 0 Å². The van der Waals surface area contributed by atoms with Gasteiger partial charge in [0.25, 0.3) is 0 Å². The van der Waals surface area contributed by atoms with Crippen molar-refractivity contribution >= 4 is 0 Å². The van der Waals surface area contributed by atoms with Crippen LogP contribution in [0.15, 0.2) is 30.3 Å². The summed E-state index contributed by atoms with van der Waals surface area (Å²) in [6, 6.07) is 10.6. The topological polar surface area (TPSA) is 15.3 Å². The Hall–Kier alpha value is -0.860. The van der Waals surface area contributed by atoms with Crippen LogP contribution in [-0.2, 0) is 6.54 Å². The fourth-order valence-electron chi connectivity index (χ4n) is 2.49. The quantitative estimate of drug-likeness (QED) is 0.839. The standard InChI is InChI=1S/C15H24N2/c1-15(2,13-17-10-6-7-11-17)16-12-14-8-4-3-5-9-14/h3-5,8-9,16H,6-7,10-13H2,1-2H3. The van der Waals surface area contributed by atoms with Crippen molar-refractivity contribution < 1.29 is 0 Å². The third-order valence-electron chi connectivity index (χ3n) is 3.43. The van der Waals surface area contributed by atoms with Gasteiger partial charge in [-0.25, -0.2) is 0 Å². The van der Waals surface area contributed by atoms with Crippen molar-refractivity contribution in [2.45, 2.75) is 38.8 Å². The van der Waals surface area contributed by atoms with Gasteiger partial charge in [0.15, 0.2) is 0 Å². The highest BCUT2D eigenvalue weighted by atomic mass is 15.2. The largest absolute Gasteiger partial charge is 0.306 e. The SMILES string of the molecule is CC(C)(CN1CCCC1)NCc1ccccc1. The monoisotopic (exact) mass is 232 g/mol. The molecule has 2 heteroatoms. The van der Waals surface area contributed by atoms with Crippen LogP contribution < -0.4 is 5.32 Å². The van der Waals surface area contributed by atoms with Crippen molar-refractivity contribution in [3.63, 3.8) is 0 Å². The Morgan fingerprint density at radius 3 is 2.41 bits per heavy atom. The molecule has 1 aliphatic heterocycles. The number of hydrogen-bond acceptors (Lipinski definition) is 2. The van der Waals surface area contributed by atoms with Crippen molar-refractivity contribution in [2.24, 2.45) is 0 Å². The fourth-order valence-corrected chi connectivity index (χ4v) is 2.49. The molecular weight excluding hydrogens is 208 g/mol. The molecule has 0 unspecified atom stereocenters. The maximum atomic E-state index is 3.66. The molecule has 17 heavy (non-hydrogen) atoms. The van der Waals surface area contributed by atoms with Crippen LogP contribution in [0.3, 0.4) is 0 Å². The summed E-state index contributed by atoms with van der Waals surface area (Å²) >= 11 is 0. The molecule has 1 N–H and O–H groups in total. The minimum Gasteiger partial charge on any atom is -0.306 e. The van der Waals surface area contributed by atoms with Crippen LogP contribution in [0.1, 0.15) is 32.3 Å². The number of nitrogens with zero attached hydrogens (tertiary/aromatic N) is 1. The van der Waals surface area contributed by atoms with E-state index in [0.29, 0.717) is 0 Å². The van der Waals surface area contributed by atoms with Crippen molar-refractivity contribution in [1.29, 1.82) is 0 Å². The molecule has 0 radical (unpaired) electrons. The molecule has 1 saturated heterocycles. The lowest BCUT2D eigenvalue weighted by atomic mass is 10.0. The van der Waals surface area contributed by atoms with Crippen LogP contribution in [0.25, 0.3) is 0 Å². The first-order valence-corrected chi connectivity index (χ1v) is 6.67. The summed E-state index contributed by atoms with van der Waals surface area (Å²) in [5.74, 6) is 0. The van der Waals surface area contributed by atoms with E-state index in [0.717, 1.165) is 13.1 Å². The van der Waals surface area contributed by atoms with E-state index >= 15 is 0 Å². The average Bonchev–Trinajstić information content (AvgIpc) is 2.80. The maximum Gasteiger partial charge on any atom is 0.0255 e. The second-order valence-electron chi connectivity index (χ2n) is 5.71. The third-order valence-corrected chi connectivity index (χ3v) is 3.43. The van der Waals surface area contributed by atoms with Crippen LogP contribution in [0.5, 0.6) is 0 Å². The van der Waals surface area contributed by atoms with Crippen molar-refractivity contribution in [3.8, 4) is 0 Å². The lowest BCUT2D eigenvalue weighted by Gasteiger charge is -2.31. The minimum atomic E-state index is 0.195. The molecule has 2 nitrogen and oxygen atoms in total. The molecule has 0 saturated carbocycles. The van der Waals surface area contributed by atoms with Crippen LogP contribution in [-0.4, -0.2) is 30.1 Å². The molecule has 0 spiro atoms. The van der Waals surface area contributed by atoms with Gasteiger partial charge in [-0.15, -0.1) is 0 Å². The average molecular weight is 232 g/mol. The van der Waals surface area contributed by atoms with Gasteiger partial charge >= 0.3 is 0 Å². The van der Waals surface area contributed by atoms with Gasteiger partial charge in [0, 0.05) is 18.6 Å². The van der Waals surface area contributed by atoms with Crippen LogP contribution in [0.4, 0.5) is 0 Å². The van der Waals surface area contributed by atoms with Gasteiger partial charge in [0.1, 0.15) is 0 Å². The van der Waals surface area contributed by atoms with Gasteiger partial charge < -0.3 is 10.2 Å². The Morgan fingerprint density at radius 1 is 1.12 bits per heavy atom. The zero-order valence-electron chi connectivity index (χ0n) is 11.1. The van der Waals surface area contributed by atoms with Gasteiger partial charge in [-0.2, -0.15) is 0 Å². The summed E-state index contributed by atoms with van der Waals surface area (Å²) in [6.07, 6.45) is 2.74. The summed E-state index contributed by atoms with van der Waals surface area (Å²) < 4.78 is 0. The first-order chi connectivity index (χ1) is 8.16. The predicted octanol–water partition coefficient (Wildman–Crippen LogP) is 2.65. The van der Waals surface area contributed by atoms with Crippen molar-refractivity contribution in [3.05, 3.63) is 35.9 Å². The maximum absolute atomic E-state index is 3.66. The Bertz CT molecular complexity index is 326. The summed E-state index contributed by atoms with van der Waals surface area (Å²) in [7, 11) is 0. The van der Waals surface area contributed by atoms with Crippen molar-refractivity contribution in [1.82, 2.24) is 10.2 Å². The molecule has 1 fully saturated rings. The van der Waals surface area contributed by atoms with E-state index < -0.39 is 0 Å². The molecule has 0 bridgehead atoms. The highest BCUT2D eigenvalue weighted by Gasteiger charge is 2.22. The molecule has 94 valence electrons. The molecule has 0 atom stereocenters. The number of likely N-dealkylation sites (tertiary alicyclic amines) is 1. The highest BCUT2D eigenvalue weighted by molar-refractivity contribution is 5.14. The first kappa shape index (κ1) is 12.6. The lowest BCUT2D eigenvalue weighted by Crippen LogP contribution is -2.48. The Labute approximate surface area is 105 Å². The summed E-state index contributed by atoms with van der Waals surface area (Å²) in [4.78, 5) is 2.57. The van der Waals surface area contributed by atoms with E-state index in [1.165, 1.54) is 31.5 Å². The first-order valence-electron chi connectivity index (χ1n) is 6.67. The van der Waals surface area contributed by atoms with Gasteiger partial charge in [-0.05, 0) is 45.3 Å². The summed E-state index contributed by atoms with van der Waals surface area (Å²) in [5.41, 5.74) is 1.56. The molecule has 1 heterocycles. The van der Waals surface area contributed by atoms with E-state index in [1.54, 1.807) is 0 Å². The predicted molar refractivity (Wildman–Crippen MR) is 73.0 cm³/mol. The minimum absolute atomic E-state index is 0.195. The van der Waals surface area contributed by atoms with Gasteiger partial charge in [0.2, 0.25) is 0 Å². The summed E-state index contributed by atoms with van der Waals surface area (Å²) in [6.45, 7) is 9.26. The second kappa shape index (κ2) is 5.65. The molecule has 0 aromatic heterocycles. The molecule has 1 aromatic carbocycles. The van der Waals surface area contributed by atoms with Crippen LogP contribution in [0, 0.1) is 0 Å². The Kier molecular flexibility index (Phi) is 4.19. The van der Waals surface area contributed by atoms with E-state index in [-0.39, 0.29) is 5.54 Å². The third kappa shape index (κ3) is 4.14. The molecular formula is C15H24N2. The number of nitrogens with one attached hydrogen (secondary N) is 1. The number of hydrogen-bond donors (Lipinski definition) is 1. The van der Waals surface area contributed by atoms with Gasteiger partial charge in [-0.3, -0.25) is 0 Å². The van der Waals surface area contributed by atoms with Crippen LogP contribution in [0.2, 0.25) is 0 Å². The molecule has 0 aliphatic carbocycles. The van der Waals surface area contributed by atoms with Gasteiger partial charge in [-0.1, -0.05) is 30.3 Å². The number of benzene rings is 1.